The van der Waals surface area contributed by atoms with Gasteiger partial charge in [0.2, 0.25) is 0 Å². The predicted octanol–water partition coefficient (Wildman–Crippen LogP) is 3.91. The highest BCUT2D eigenvalue weighted by molar-refractivity contribution is 5.33. The van der Waals surface area contributed by atoms with Crippen molar-refractivity contribution in [2.45, 2.75) is 46.1 Å². The third-order valence-corrected chi connectivity index (χ3v) is 2.11. The molecule has 0 aliphatic rings. The van der Waals surface area contributed by atoms with Crippen LogP contribution in [0.1, 0.15) is 40.2 Å². The van der Waals surface area contributed by atoms with Crippen LogP contribution >= 0.6 is 0 Å². The van der Waals surface area contributed by atoms with Crippen LogP contribution in [0.25, 0.3) is 0 Å². The van der Waals surface area contributed by atoms with E-state index < -0.39 is 0 Å². The van der Waals surface area contributed by atoms with Crippen molar-refractivity contribution in [3.05, 3.63) is 29.6 Å². The molecular formula is C13H19FO. The molecule has 0 aliphatic heterocycles. The molecule has 0 bridgehead atoms. The van der Waals surface area contributed by atoms with Gasteiger partial charge in [-0.3, -0.25) is 0 Å². The van der Waals surface area contributed by atoms with E-state index >= 15 is 0 Å². The fourth-order valence-electron chi connectivity index (χ4n) is 1.34. The molecule has 2 heteroatoms. The second-order valence-corrected chi connectivity index (χ2v) is 5.09. The first-order chi connectivity index (χ1) is 6.79. The van der Waals surface area contributed by atoms with Crippen LogP contribution in [0.5, 0.6) is 5.75 Å². The zero-order valence-corrected chi connectivity index (χ0v) is 10.1. The topological polar surface area (TPSA) is 9.23 Å². The summed E-state index contributed by atoms with van der Waals surface area (Å²) in [6, 6.07) is 4.89. The summed E-state index contributed by atoms with van der Waals surface area (Å²) in [6.07, 6.45) is 0.0691. The first-order valence-electron chi connectivity index (χ1n) is 5.27. The molecule has 84 valence electrons. The summed E-state index contributed by atoms with van der Waals surface area (Å²) in [5.41, 5.74) is 0.898. The van der Waals surface area contributed by atoms with Crippen molar-refractivity contribution >= 4 is 0 Å². The summed E-state index contributed by atoms with van der Waals surface area (Å²) in [5, 5.41) is 0. The Morgan fingerprint density at radius 3 is 2.20 bits per heavy atom. The quantitative estimate of drug-likeness (QED) is 0.719. The molecule has 1 aromatic rings. The monoisotopic (exact) mass is 210 g/mol. The smallest absolute Gasteiger partial charge is 0.127 e. The van der Waals surface area contributed by atoms with E-state index in [0.29, 0.717) is 5.75 Å². The highest BCUT2D eigenvalue weighted by Crippen LogP contribution is 2.27. The normalized spacial score (nSPS) is 11.9. The van der Waals surface area contributed by atoms with Crippen LogP contribution in [-0.2, 0) is 5.41 Å². The lowest BCUT2D eigenvalue weighted by atomic mass is 9.87. The average molecular weight is 210 g/mol. The SMILES string of the molecule is CC(C)Oc1cc(F)cc(C(C)(C)C)c1. The number of hydrogen-bond donors (Lipinski definition) is 0. The molecular weight excluding hydrogens is 191 g/mol. The van der Waals surface area contributed by atoms with Crippen LogP contribution in [0.15, 0.2) is 18.2 Å². The Balaban J connectivity index is 3.06. The van der Waals surface area contributed by atoms with Gasteiger partial charge in [-0.15, -0.1) is 0 Å². The Bertz CT molecular complexity index is 337. The van der Waals surface area contributed by atoms with E-state index in [1.807, 2.05) is 19.9 Å². The fraction of sp³-hybridized carbons (Fsp3) is 0.538. The Hall–Kier alpha value is -1.05. The molecule has 0 saturated heterocycles. The molecule has 0 aromatic heterocycles. The number of rotatable bonds is 2. The van der Waals surface area contributed by atoms with Crippen LogP contribution < -0.4 is 4.74 Å². The van der Waals surface area contributed by atoms with Gasteiger partial charge < -0.3 is 4.74 Å². The molecule has 0 amide bonds. The van der Waals surface area contributed by atoms with Gasteiger partial charge in [0.15, 0.2) is 0 Å². The maximum absolute atomic E-state index is 13.3. The lowest BCUT2D eigenvalue weighted by molar-refractivity contribution is 0.241. The molecule has 0 radical (unpaired) electrons. The van der Waals surface area contributed by atoms with Crippen molar-refractivity contribution in [3.8, 4) is 5.75 Å². The van der Waals surface area contributed by atoms with E-state index in [9.17, 15) is 4.39 Å². The molecule has 0 unspecified atom stereocenters. The molecule has 0 N–H and O–H groups in total. The van der Waals surface area contributed by atoms with Gasteiger partial charge in [0.25, 0.3) is 0 Å². The molecule has 0 aliphatic carbocycles. The van der Waals surface area contributed by atoms with Crippen LogP contribution in [0.4, 0.5) is 4.39 Å². The lowest BCUT2D eigenvalue weighted by Crippen LogP contribution is -2.13. The average Bonchev–Trinajstić information content (AvgIpc) is 1.99. The van der Waals surface area contributed by atoms with Crippen molar-refractivity contribution in [3.63, 3.8) is 0 Å². The lowest BCUT2D eigenvalue weighted by Gasteiger charge is -2.20. The van der Waals surface area contributed by atoms with Crippen LogP contribution in [0.3, 0.4) is 0 Å². The van der Waals surface area contributed by atoms with Gasteiger partial charge in [0, 0.05) is 6.07 Å². The van der Waals surface area contributed by atoms with Crippen LogP contribution in [-0.4, -0.2) is 6.10 Å². The Kier molecular flexibility index (Phi) is 3.38. The van der Waals surface area contributed by atoms with Gasteiger partial charge >= 0.3 is 0 Å². The summed E-state index contributed by atoms with van der Waals surface area (Å²) in [4.78, 5) is 0. The molecule has 0 atom stereocenters. The number of benzene rings is 1. The van der Waals surface area contributed by atoms with Crippen molar-refractivity contribution < 1.29 is 9.13 Å². The van der Waals surface area contributed by atoms with Gasteiger partial charge in [-0.25, -0.2) is 4.39 Å². The molecule has 1 rings (SSSR count). The van der Waals surface area contributed by atoms with Crippen LogP contribution in [0.2, 0.25) is 0 Å². The summed E-state index contributed by atoms with van der Waals surface area (Å²) in [5.74, 6) is 0.369. The predicted molar refractivity (Wildman–Crippen MR) is 60.9 cm³/mol. The molecule has 0 heterocycles. The molecule has 1 aromatic carbocycles. The molecule has 1 nitrogen and oxygen atoms in total. The molecule has 0 saturated carbocycles. The van der Waals surface area contributed by atoms with Gasteiger partial charge in [-0.1, -0.05) is 20.8 Å². The van der Waals surface area contributed by atoms with Crippen molar-refractivity contribution in [2.24, 2.45) is 0 Å². The van der Waals surface area contributed by atoms with Crippen LogP contribution in [0, 0.1) is 5.82 Å². The summed E-state index contributed by atoms with van der Waals surface area (Å²) < 4.78 is 18.8. The maximum atomic E-state index is 13.3. The Labute approximate surface area is 91.3 Å². The molecule has 15 heavy (non-hydrogen) atoms. The summed E-state index contributed by atoms with van der Waals surface area (Å²) in [7, 11) is 0. The third-order valence-electron chi connectivity index (χ3n) is 2.11. The van der Waals surface area contributed by atoms with Crippen molar-refractivity contribution in [1.82, 2.24) is 0 Å². The van der Waals surface area contributed by atoms with Gasteiger partial charge in [0.1, 0.15) is 11.6 Å². The van der Waals surface area contributed by atoms with E-state index in [4.69, 9.17) is 4.74 Å². The highest BCUT2D eigenvalue weighted by Gasteiger charge is 2.16. The van der Waals surface area contributed by atoms with E-state index in [1.54, 1.807) is 6.07 Å². The van der Waals surface area contributed by atoms with E-state index in [1.165, 1.54) is 6.07 Å². The Morgan fingerprint density at radius 1 is 1.13 bits per heavy atom. The summed E-state index contributed by atoms with van der Waals surface area (Å²) in [6.45, 7) is 10.0. The number of hydrogen-bond acceptors (Lipinski definition) is 1. The fourth-order valence-corrected chi connectivity index (χ4v) is 1.34. The Morgan fingerprint density at radius 2 is 1.73 bits per heavy atom. The number of ether oxygens (including phenoxy) is 1. The third kappa shape index (κ3) is 3.54. The minimum Gasteiger partial charge on any atom is -0.491 e. The van der Waals surface area contributed by atoms with Gasteiger partial charge in [0.05, 0.1) is 6.10 Å². The van der Waals surface area contributed by atoms with E-state index in [0.717, 1.165) is 5.56 Å². The van der Waals surface area contributed by atoms with E-state index in [2.05, 4.69) is 20.8 Å². The number of halogens is 1. The zero-order valence-electron chi connectivity index (χ0n) is 10.1. The first-order valence-corrected chi connectivity index (χ1v) is 5.27. The first kappa shape index (κ1) is 12.0. The van der Waals surface area contributed by atoms with Crippen molar-refractivity contribution in [2.75, 3.05) is 0 Å². The molecule has 0 fully saturated rings. The maximum Gasteiger partial charge on any atom is 0.127 e. The summed E-state index contributed by atoms with van der Waals surface area (Å²) >= 11 is 0. The molecule has 0 spiro atoms. The van der Waals surface area contributed by atoms with Crippen molar-refractivity contribution in [1.29, 1.82) is 0 Å². The zero-order chi connectivity index (χ0) is 11.6. The minimum absolute atomic E-state index is 0.0583. The van der Waals surface area contributed by atoms with E-state index in [-0.39, 0.29) is 17.3 Å². The van der Waals surface area contributed by atoms with Gasteiger partial charge in [-0.05, 0) is 37.0 Å². The highest BCUT2D eigenvalue weighted by atomic mass is 19.1. The second kappa shape index (κ2) is 4.21. The largest absolute Gasteiger partial charge is 0.491 e. The standard InChI is InChI=1S/C13H19FO/c1-9(2)15-12-7-10(13(3,4)5)6-11(14)8-12/h6-9H,1-5H3. The van der Waals surface area contributed by atoms with Gasteiger partial charge in [-0.2, -0.15) is 0 Å². The minimum atomic E-state index is -0.238. The second-order valence-electron chi connectivity index (χ2n) is 5.09.